The number of carbonyl (C=O) groups excluding carboxylic acids is 3. The van der Waals surface area contributed by atoms with Gasteiger partial charge in [0.25, 0.3) is 11.8 Å². The second-order valence-electron chi connectivity index (χ2n) is 6.97. The predicted octanol–water partition coefficient (Wildman–Crippen LogP) is 2.93. The van der Waals surface area contributed by atoms with Crippen LogP contribution >= 0.6 is 11.3 Å². The first-order chi connectivity index (χ1) is 14.1. The lowest BCUT2D eigenvalue weighted by molar-refractivity contribution is -0.121. The fourth-order valence-corrected chi connectivity index (χ4v) is 4.48. The number of nitrogens with one attached hydrogen (secondary N) is 1. The van der Waals surface area contributed by atoms with E-state index < -0.39 is 6.04 Å². The maximum Gasteiger partial charge on any atom is 0.264 e. The van der Waals surface area contributed by atoms with E-state index >= 15 is 0 Å². The smallest absolute Gasteiger partial charge is 0.264 e. The largest absolute Gasteiger partial charge is 0.464 e. The molecular weight excluding hydrogens is 390 g/mol. The number of rotatable bonds is 2. The van der Waals surface area contributed by atoms with Gasteiger partial charge in [-0.25, -0.2) is 0 Å². The first-order valence-electron chi connectivity index (χ1n) is 9.24. The number of hydrogen-bond acceptors (Lipinski definition) is 5. The third-order valence-corrected chi connectivity index (χ3v) is 6.13. The lowest BCUT2D eigenvalue weighted by Crippen LogP contribution is -2.59. The molecule has 1 aromatic carbocycles. The second kappa shape index (κ2) is 6.89. The molecule has 3 aromatic rings. The fourth-order valence-electron chi connectivity index (χ4n) is 3.79. The van der Waals surface area contributed by atoms with Crippen molar-refractivity contribution in [1.29, 1.82) is 0 Å². The Balaban J connectivity index is 1.45. The molecule has 0 spiro atoms. The van der Waals surface area contributed by atoms with Crippen molar-refractivity contribution in [3.05, 3.63) is 64.5 Å². The van der Waals surface area contributed by atoms with Crippen LogP contribution in [0.2, 0.25) is 0 Å². The summed E-state index contributed by atoms with van der Waals surface area (Å²) in [4.78, 5) is 42.6. The van der Waals surface area contributed by atoms with Crippen LogP contribution in [0.3, 0.4) is 0 Å². The third kappa shape index (κ3) is 3.01. The zero-order chi connectivity index (χ0) is 20.0. The van der Waals surface area contributed by atoms with Crippen LogP contribution < -0.4 is 5.32 Å². The van der Waals surface area contributed by atoms with E-state index in [1.165, 1.54) is 11.3 Å². The summed E-state index contributed by atoms with van der Waals surface area (Å²) in [6.07, 6.45) is 1.57. The summed E-state index contributed by atoms with van der Waals surface area (Å²) in [7, 11) is 0. The highest BCUT2D eigenvalue weighted by molar-refractivity contribution is 7.12. The van der Waals surface area contributed by atoms with Gasteiger partial charge in [-0.2, -0.15) is 0 Å². The number of benzene rings is 1. The van der Waals surface area contributed by atoms with Crippen molar-refractivity contribution < 1.29 is 18.8 Å². The summed E-state index contributed by atoms with van der Waals surface area (Å²) in [6.45, 7) is 0.866. The lowest BCUT2D eigenvalue weighted by Gasteiger charge is -2.39. The van der Waals surface area contributed by atoms with Crippen LogP contribution in [-0.4, -0.2) is 53.2 Å². The zero-order valence-electron chi connectivity index (χ0n) is 15.3. The molecule has 0 aliphatic carbocycles. The molecule has 0 saturated carbocycles. The Morgan fingerprint density at radius 2 is 2.03 bits per heavy atom. The minimum atomic E-state index is -0.723. The summed E-state index contributed by atoms with van der Waals surface area (Å²) in [5.74, 6) is 0.0346. The molecule has 7 nitrogen and oxygen atoms in total. The number of anilines is 1. The highest BCUT2D eigenvalue weighted by atomic mass is 32.1. The van der Waals surface area contributed by atoms with Gasteiger partial charge in [0.15, 0.2) is 0 Å². The van der Waals surface area contributed by atoms with Crippen LogP contribution in [0.15, 0.2) is 58.5 Å². The van der Waals surface area contributed by atoms with Crippen molar-refractivity contribution in [3.8, 4) is 11.3 Å². The molecule has 1 fully saturated rings. The Labute approximate surface area is 170 Å². The van der Waals surface area contributed by atoms with Crippen LogP contribution in [-0.2, 0) is 4.79 Å². The Morgan fingerprint density at radius 3 is 2.79 bits per heavy atom. The molecule has 1 saturated heterocycles. The van der Waals surface area contributed by atoms with Gasteiger partial charge in [-0.1, -0.05) is 6.07 Å². The van der Waals surface area contributed by atoms with E-state index in [0.717, 1.165) is 5.56 Å². The number of carbonyl (C=O) groups is 3. The predicted molar refractivity (Wildman–Crippen MR) is 108 cm³/mol. The van der Waals surface area contributed by atoms with Crippen molar-refractivity contribution in [2.75, 3.05) is 25.0 Å². The number of furan rings is 1. The number of fused-ring (bicyclic) bond motifs is 2. The SMILES string of the molecule is O=C1Nc2ccc(-c3ccco3)cc2C(=O)N2CCN(C(=O)c3cccs3)CC12. The normalized spacial score (nSPS) is 18.7. The molecule has 29 heavy (non-hydrogen) atoms. The molecule has 1 unspecified atom stereocenters. The summed E-state index contributed by atoms with van der Waals surface area (Å²) in [5, 5.41) is 4.70. The number of amides is 3. The van der Waals surface area contributed by atoms with Crippen LogP contribution in [0.1, 0.15) is 20.0 Å². The molecule has 2 aromatic heterocycles. The summed E-state index contributed by atoms with van der Waals surface area (Å²) in [6, 6.07) is 11.7. The van der Waals surface area contributed by atoms with Gasteiger partial charge < -0.3 is 19.5 Å². The van der Waals surface area contributed by atoms with Gasteiger partial charge >= 0.3 is 0 Å². The van der Waals surface area contributed by atoms with Gasteiger partial charge in [0, 0.05) is 18.7 Å². The van der Waals surface area contributed by atoms with Crippen LogP contribution in [0, 0.1) is 0 Å². The molecular formula is C21H17N3O4S. The molecule has 5 rings (SSSR count). The average Bonchev–Trinajstić information content (AvgIpc) is 3.45. The molecule has 2 aliphatic rings. The van der Waals surface area contributed by atoms with Gasteiger partial charge in [0.2, 0.25) is 5.91 Å². The van der Waals surface area contributed by atoms with Crippen molar-refractivity contribution in [2.45, 2.75) is 6.04 Å². The molecule has 8 heteroatoms. The molecule has 0 radical (unpaired) electrons. The number of piperazine rings is 1. The third-order valence-electron chi connectivity index (χ3n) is 5.28. The standard InChI is InChI=1S/C21H17N3O4S/c25-19-16-12-23(21(27)18-4-2-10-29-18)7-8-24(16)20(26)14-11-13(5-6-15(14)22-19)17-3-1-9-28-17/h1-6,9-11,16H,7-8,12H2,(H,22,25). The molecule has 0 bridgehead atoms. The van der Waals surface area contributed by atoms with Crippen LogP contribution in [0.25, 0.3) is 11.3 Å². The topological polar surface area (TPSA) is 82.9 Å². The first-order valence-corrected chi connectivity index (χ1v) is 10.1. The number of nitrogens with zero attached hydrogens (tertiary/aromatic N) is 2. The Bertz CT molecular complexity index is 1090. The molecule has 1 N–H and O–H groups in total. The van der Waals surface area contributed by atoms with E-state index in [1.54, 1.807) is 40.3 Å². The molecule has 2 aliphatic heterocycles. The van der Waals surface area contributed by atoms with Crippen molar-refractivity contribution >= 4 is 34.7 Å². The van der Waals surface area contributed by atoms with Gasteiger partial charge in [0.1, 0.15) is 11.8 Å². The van der Waals surface area contributed by atoms with E-state index in [4.69, 9.17) is 4.42 Å². The van der Waals surface area contributed by atoms with E-state index in [9.17, 15) is 14.4 Å². The number of hydrogen-bond donors (Lipinski definition) is 1. The molecule has 3 amide bonds. The summed E-state index contributed by atoms with van der Waals surface area (Å²) >= 11 is 1.37. The minimum Gasteiger partial charge on any atom is -0.464 e. The zero-order valence-corrected chi connectivity index (χ0v) is 16.1. The van der Waals surface area contributed by atoms with E-state index in [1.807, 2.05) is 23.6 Å². The van der Waals surface area contributed by atoms with Crippen LogP contribution in [0.5, 0.6) is 0 Å². The first kappa shape index (κ1) is 17.7. The Kier molecular flexibility index (Phi) is 4.21. The summed E-state index contributed by atoms with van der Waals surface area (Å²) < 4.78 is 5.43. The highest BCUT2D eigenvalue weighted by Gasteiger charge is 2.40. The Morgan fingerprint density at radius 1 is 1.14 bits per heavy atom. The van der Waals surface area contributed by atoms with Crippen molar-refractivity contribution in [3.63, 3.8) is 0 Å². The minimum absolute atomic E-state index is 0.109. The Hall–Kier alpha value is -3.39. The maximum absolute atomic E-state index is 13.2. The van der Waals surface area contributed by atoms with Gasteiger partial charge in [-0.05, 0) is 41.8 Å². The lowest BCUT2D eigenvalue weighted by atomic mass is 10.1. The fraction of sp³-hybridized carbons (Fsp3) is 0.190. The summed E-state index contributed by atoms with van der Waals surface area (Å²) in [5.41, 5.74) is 1.66. The van der Waals surface area contributed by atoms with Crippen LogP contribution in [0.4, 0.5) is 5.69 Å². The monoisotopic (exact) mass is 407 g/mol. The van der Waals surface area contributed by atoms with Gasteiger partial charge in [-0.15, -0.1) is 11.3 Å². The second-order valence-corrected chi connectivity index (χ2v) is 7.92. The van der Waals surface area contributed by atoms with E-state index in [-0.39, 0.29) is 24.3 Å². The van der Waals surface area contributed by atoms with Gasteiger partial charge in [-0.3, -0.25) is 14.4 Å². The quantitative estimate of drug-likeness (QED) is 0.708. The molecule has 1 atom stereocenters. The highest BCUT2D eigenvalue weighted by Crippen LogP contribution is 2.30. The van der Waals surface area contributed by atoms with Crippen molar-refractivity contribution in [2.24, 2.45) is 0 Å². The maximum atomic E-state index is 13.2. The molecule has 146 valence electrons. The van der Waals surface area contributed by atoms with E-state index in [2.05, 4.69) is 5.32 Å². The molecule has 4 heterocycles. The number of thiophene rings is 1. The van der Waals surface area contributed by atoms with E-state index in [0.29, 0.717) is 35.0 Å². The average molecular weight is 407 g/mol. The van der Waals surface area contributed by atoms with Crippen molar-refractivity contribution in [1.82, 2.24) is 9.80 Å². The van der Waals surface area contributed by atoms with Gasteiger partial charge in [0.05, 0.1) is 28.9 Å².